The molecule has 0 radical (unpaired) electrons. The lowest BCUT2D eigenvalue weighted by atomic mass is 10.1. The minimum Gasteiger partial charge on any atom is -0.311 e. The van der Waals surface area contributed by atoms with Crippen LogP contribution in [0.1, 0.15) is 18.4 Å². The van der Waals surface area contributed by atoms with Gasteiger partial charge in [0.25, 0.3) is 0 Å². The first-order valence-electron chi connectivity index (χ1n) is 5.95. The number of rotatable bonds is 2. The van der Waals surface area contributed by atoms with Gasteiger partial charge in [-0.3, -0.25) is 4.79 Å². The van der Waals surface area contributed by atoms with Crippen LogP contribution in [0.5, 0.6) is 0 Å². The van der Waals surface area contributed by atoms with Crippen molar-refractivity contribution in [1.29, 1.82) is 0 Å². The molecule has 5 nitrogen and oxygen atoms in total. The summed E-state index contributed by atoms with van der Waals surface area (Å²) < 4.78 is 22.7. The Morgan fingerprint density at radius 3 is 2.74 bits per heavy atom. The quantitative estimate of drug-likeness (QED) is 0.835. The van der Waals surface area contributed by atoms with Crippen molar-refractivity contribution >= 4 is 33.2 Å². The smallest absolute Gasteiger partial charge is 0.241 e. The molecule has 0 fully saturated rings. The van der Waals surface area contributed by atoms with Gasteiger partial charge in [0, 0.05) is 12.2 Å². The van der Waals surface area contributed by atoms with Crippen LogP contribution in [0.3, 0.4) is 0 Å². The topological polar surface area (TPSA) is 80.5 Å². The lowest BCUT2D eigenvalue weighted by molar-refractivity contribution is -0.116. The van der Waals surface area contributed by atoms with E-state index in [4.69, 9.17) is 16.7 Å². The van der Waals surface area contributed by atoms with Crippen LogP contribution >= 0.6 is 11.6 Å². The van der Waals surface area contributed by atoms with Crippen LogP contribution < -0.4 is 10.0 Å². The largest absolute Gasteiger partial charge is 0.311 e. The van der Waals surface area contributed by atoms with Crippen molar-refractivity contribution in [2.75, 3.05) is 17.3 Å². The highest BCUT2D eigenvalue weighted by Crippen LogP contribution is 2.28. The van der Waals surface area contributed by atoms with Crippen molar-refractivity contribution in [3.8, 4) is 0 Å². The number of fused-ring (bicyclic) bond motifs is 1. The van der Waals surface area contributed by atoms with Gasteiger partial charge in [-0.05, 0) is 43.0 Å². The average Bonchev–Trinajstić information content (AvgIpc) is 2.58. The Labute approximate surface area is 117 Å². The number of hydrogen-bond donors (Lipinski definition) is 1. The Balaban J connectivity index is 2.49. The molecule has 0 atom stereocenters. The van der Waals surface area contributed by atoms with Gasteiger partial charge in [0.2, 0.25) is 15.9 Å². The number of primary sulfonamides is 1. The number of nitrogens with two attached hydrogens (primary N) is 1. The summed E-state index contributed by atoms with van der Waals surface area (Å²) in [7, 11) is -3.72. The second-order valence-corrected chi connectivity index (χ2v) is 6.30. The molecule has 0 saturated heterocycles. The van der Waals surface area contributed by atoms with E-state index < -0.39 is 10.0 Å². The number of anilines is 1. The van der Waals surface area contributed by atoms with Crippen molar-refractivity contribution in [1.82, 2.24) is 0 Å². The van der Waals surface area contributed by atoms with E-state index in [0.29, 0.717) is 6.54 Å². The second-order valence-electron chi connectivity index (χ2n) is 4.47. The molecule has 1 aromatic carbocycles. The lowest BCUT2D eigenvalue weighted by Gasteiger charge is -2.22. The molecule has 1 amide bonds. The number of alkyl halides is 1. The van der Waals surface area contributed by atoms with Crippen molar-refractivity contribution in [2.24, 2.45) is 5.14 Å². The number of carbonyl (C=O) groups excluding carboxylic acids is 1. The Hall–Kier alpha value is -1.11. The van der Waals surface area contributed by atoms with E-state index in [2.05, 4.69) is 0 Å². The Morgan fingerprint density at radius 1 is 1.37 bits per heavy atom. The van der Waals surface area contributed by atoms with Gasteiger partial charge in [-0.15, -0.1) is 11.6 Å². The molecule has 0 unspecified atom stereocenters. The summed E-state index contributed by atoms with van der Waals surface area (Å²) >= 11 is 5.60. The maximum atomic E-state index is 11.8. The molecule has 1 heterocycles. The van der Waals surface area contributed by atoms with Crippen LogP contribution in [-0.2, 0) is 21.2 Å². The first-order valence-corrected chi connectivity index (χ1v) is 8.03. The molecule has 2 rings (SSSR count). The van der Waals surface area contributed by atoms with E-state index in [0.717, 1.165) is 30.5 Å². The minimum absolute atomic E-state index is 0.0754. The molecule has 1 aliphatic rings. The monoisotopic (exact) mass is 302 g/mol. The van der Waals surface area contributed by atoms with Gasteiger partial charge in [0.1, 0.15) is 5.88 Å². The van der Waals surface area contributed by atoms with Crippen LogP contribution in [-0.4, -0.2) is 26.7 Å². The molecule has 1 aromatic rings. The third-order valence-electron chi connectivity index (χ3n) is 3.16. The van der Waals surface area contributed by atoms with E-state index >= 15 is 0 Å². The molecule has 0 saturated carbocycles. The average molecular weight is 303 g/mol. The van der Waals surface area contributed by atoms with Gasteiger partial charge in [0.05, 0.1) is 4.90 Å². The highest BCUT2D eigenvalue weighted by Gasteiger charge is 2.22. The predicted molar refractivity (Wildman–Crippen MR) is 73.8 cm³/mol. The summed E-state index contributed by atoms with van der Waals surface area (Å²) in [4.78, 5) is 13.5. The second kappa shape index (κ2) is 5.48. The van der Waals surface area contributed by atoms with Gasteiger partial charge in [-0.1, -0.05) is 0 Å². The highest BCUT2D eigenvalue weighted by molar-refractivity contribution is 7.89. The Bertz CT molecular complexity index is 601. The lowest BCUT2D eigenvalue weighted by Crippen LogP contribution is -2.32. The zero-order valence-corrected chi connectivity index (χ0v) is 11.9. The summed E-state index contributed by atoms with van der Waals surface area (Å²) in [6, 6.07) is 4.60. The predicted octanol–water partition coefficient (Wildman–Crippen LogP) is 1.24. The SMILES string of the molecule is NS(=O)(=O)c1ccc2c(c1)CCCCN2C(=O)CCl. The highest BCUT2D eigenvalue weighted by atomic mass is 35.5. The fourth-order valence-electron chi connectivity index (χ4n) is 2.24. The van der Waals surface area contributed by atoms with Crippen molar-refractivity contribution in [3.05, 3.63) is 23.8 Å². The van der Waals surface area contributed by atoms with Gasteiger partial charge in [-0.2, -0.15) is 0 Å². The molecule has 19 heavy (non-hydrogen) atoms. The van der Waals surface area contributed by atoms with Gasteiger partial charge in [0.15, 0.2) is 0 Å². The summed E-state index contributed by atoms with van der Waals surface area (Å²) in [6.07, 6.45) is 2.49. The molecule has 7 heteroatoms. The van der Waals surface area contributed by atoms with E-state index in [-0.39, 0.29) is 16.7 Å². The molecule has 0 spiro atoms. The maximum Gasteiger partial charge on any atom is 0.241 e. The van der Waals surface area contributed by atoms with Crippen LogP contribution in [0.15, 0.2) is 23.1 Å². The fraction of sp³-hybridized carbons (Fsp3) is 0.417. The van der Waals surface area contributed by atoms with Crippen LogP contribution in [0.25, 0.3) is 0 Å². The normalized spacial score (nSPS) is 15.8. The number of aryl methyl sites for hydroxylation is 1. The number of nitrogens with zero attached hydrogens (tertiary/aromatic N) is 1. The van der Waals surface area contributed by atoms with Gasteiger partial charge < -0.3 is 4.90 Å². The first kappa shape index (κ1) is 14.3. The number of benzene rings is 1. The van der Waals surface area contributed by atoms with Crippen molar-refractivity contribution in [2.45, 2.75) is 24.2 Å². The summed E-state index contributed by atoms with van der Waals surface area (Å²) in [5.41, 5.74) is 1.55. The molecule has 0 bridgehead atoms. The van der Waals surface area contributed by atoms with Gasteiger partial charge in [-0.25, -0.2) is 13.6 Å². The van der Waals surface area contributed by atoms with E-state index in [1.165, 1.54) is 6.07 Å². The first-order chi connectivity index (χ1) is 8.93. The number of sulfonamides is 1. The molecule has 0 aromatic heterocycles. The third-order valence-corrected chi connectivity index (χ3v) is 4.30. The number of halogens is 1. The number of carbonyl (C=O) groups is 1. The standard InChI is InChI=1S/C12H15ClN2O3S/c13-8-12(16)15-6-2-1-3-9-7-10(19(14,17)18)4-5-11(9)15/h4-5,7H,1-3,6,8H2,(H2,14,17,18). The van der Waals surface area contributed by atoms with Crippen molar-refractivity contribution < 1.29 is 13.2 Å². The molecule has 1 aliphatic heterocycles. The summed E-state index contributed by atoms with van der Waals surface area (Å²) in [5, 5.41) is 5.12. The van der Waals surface area contributed by atoms with Gasteiger partial charge >= 0.3 is 0 Å². The number of amides is 1. The zero-order valence-electron chi connectivity index (χ0n) is 10.3. The number of hydrogen-bond acceptors (Lipinski definition) is 3. The van der Waals surface area contributed by atoms with E-state index in [9.17, 15) is 13.2 Å². The van der Waals surface area contributed by atoms with Crippen LogP contribution in [0.4, 0.5) is 5.69 Å². The van der Waals surface area contributed by atoms with E-state index in [1.54, 1.807) is 17.0 Å². The summed E-state index contributed by atoms with van der Waals surface area (Å²) in [5.74, 6) is -0.260. The molecule has 0 aliphatic carbocycles. The maximum absolute atomic E-state index is 11.8. The molecule has 2 N–H and O–H groups in total. The van der Waals surface area contributed by atoms with Crippen LogP contribution in [0.2, 0.25) is 0 Å². The molecular formula is C12H15ClN2O3S. The summed E-state index contributed by atoms with van der Waals surface area (Å²) in [6.45, 7) is 0.604. The van der Waals surface area contributed by atoms with Crippen molar-refractivity contribution in [3.63, 3.8) is 0 Å². The zero-order chi connectivity index (χ0) is 14.0. The van der Waals surface area contributed by atoms with Crippen LogP contribution in [0, 0.1) is 0 Å². The Morgan fingerprint density at radius 2 is 2.11 bits per heavy atom. The van der Waals surface area contributed by atoms with E-state index in [1.807, 2.05) is 0 Å². The minimum atomic E-state index is -3.72. The molecule has 104 valence electrons. The third kappa shape index (κ3) is 3.08. The fourth-order valence-corrected chi connectivity index (χ4v) is 2.95. The molecular weight excluding hydrogens is 288 g/mol. The Kier molecular flexibility index (Phi) is 4.13.